The minimum atomic E-state index is 0.368. The number of rotatable bonds is 3. The number of pyridine rings is 1. The quantitative estimate of drug-likeness (QED) is 0.247. The van der Waals surface area contributed by atoms with Crippen LogP contribution in [0.1, 0.15) is 0 Å². The Balaban J connectivity index is 2.10. The van der Waals surface area contributed by atoms with Crippen molar-refractivity contribution in [2.75, 3.05) is 21.3 Å². The molecular weight excluding hydrogens is 322 g/mol. The number of nitrogens with zero attached hydrogens (tertiary/aromatic N) is 3. The van der Waals surface area contributed by atoms with E-state index in [0.29, 0.717) is 38.8 Å². The first-order valence-corrected chi connectivity index (χ1v) is 7.58. The predicted octanol–water partition coefficient (Wildman–Crippen LogP) is 2.60. The van der Waals surface area contributed by atoms with Crippen LogP contribution in [0.2, 0.25) is 0 Å². The topological polar surface area (TPSA) is 80.4 Å². The molecule has 0 amide bonds. The SMILES string of the molecule is COc1ccc2c3cc4cc(OC)c(OC)cc4nc3n[n+]([O-])c2c1. The Morgan fingerprint density at radius 2 is 1.64 bits per heavy atom. The zero-order chi connectivity index (χ0) is 17.6. The summed E-state index contributed by atoms with van der Waals surface area (Å²) >= 11 is 0. The van der Waals surface area contributed by atoms with Gasteiger partial charge in [0.05, 0.1) is 38.3 Å². The van der Waals surface area contributed by atoms with Crippen LogP contribution < -0.4 is 19.1 Å². The predicted molar refractivity (Wildman–Crippen MR) is 93.2 cm³/mol. The van der Waals surface area contributed by atoms with Crippen molar-refractivity contribution < 1.29 is 19.1 Å². The minimum Gasteiger partial charge on any atom is -0.594 e. The van der Waals surface area contributed by atoms with Gasteiger partial charge in [-0.25, -0.2) is 4.98 Å². The van der Waals surface area contributed by atoms with Crippen LogP contribution in [0.3, 0.4) is 0 Å². The van der Waals surface area contributed by atoms with E-state index in [0.717, 1.165) is 16.2 Å². The summed E-state index contributed by atoms with van der Waals surface area (Å²) in [7, 11) is 4.71. The summed E-state index contributed by atoms with van der Waals surface area (Å²) in [6, 6.07) is 10.9. The molecular formula is C18H15N3O4. The highest BCUT2D eigenvalue weighted by atomic mass is 16.5. The Hall–Kier alpha value is -3.35. The number of aromatic nitrogens is 3. The third-order valence-corrected chi connectivity index (χ3v) is 4.19. The lowest BCUT2D eigenvalue weighted by molar-refractivity contribution is -0.640. The van der Waals surface area contributed by atoms with E-state index >= 15 is 0 Å². The second-order valence-corrected chi connectivity index (χ2v) is 5.52. The van der Waals surface area contributed by atoms with Gasteiger partial charge in [-0.05, 0) is 29.1 Å². The molecule has 25 heavy (non-hydrogen) atoms. The molecule has 0 bridgehead atoms. The molecule has 0 saturated carbocycles. The smallest absolute Gasteiger partial charge is 0.256 e. The number of methoxy groups -OCH3 is 3. The van der Waals surface area contributed by atoms with E-state index in [1.54, 1.807) is 39.5 Å². The Labute approximate surface area is 142 Å². The van der Waals surface area contributed by atoms with Crippen molar-refractivity contribution in [1.29, 1.82) is 0 Å². The summed E-state index contributed by atoms with van der Waals surface area (Å²) in [6.45, 7) is 0. The van der Waals surface area contributed by atoms with Crippen LogP contribution in [-0.4, -0.2) is 31.4 Å². The second-order valence-electron chi connectivity index (χ2n) is 5.52. The molecule has 126 valence electrons. The zero-order valence-corrected chi connectivity index (χ0v) is 13.9. The molecule has 2 heterocycles. The van der Waals surface area contributed by atoms with Gasteiger partial charge in [-0.2, -0.15) is 0 Å². The van der Waals surface area contributed by atoms with Crippen molar-refractivity contribution in [3.05, 3.63) is 41.6 Å². The van der Waals surface area contributed by atoms with E-state index in [1.807, 2.05) is 18.2 Å². The highest BCUT2D eigenvalue weighted by Gasteiger charge is 2.16. The van der Waals surface area contributed by atoms with Gasteiger partial charge in [0, 0.05) is 21.9 Å². The maximum Gasteiger partial charge on any atom is 0.256 e. The molecule has 0 aliphatic carbocycles. The molecule has 0 saturated heterocycles. The van der Waals surface area contributed by atoms with Gasteiger partial charge >= 0.3 is 0 Å². The van der Waals surface area contributed by atoms with Gasteiger partial charge in [0.15, 0.2) is 11.5 Å². The van der Waals surface area contributed by atoms with E-state index in [9.17, 15) is 5.21 Å². The number of ether oxygens (including phenoxy) is 3. The second kappa shape index (κ2) is 5.62. The average Bonchev–Trinajstić information content (AvgIpc) is 2.65. The van der Waals surface area contributed by atoms with Crippen LogP contribution in [0.15, 0.2) is 36.4 Å². The summed E-state index contributed by atoms with van der Waals surface area (Å²) < 4.78 is 15.9. The zero-order valence-electron chi connectivity index (χ0n) is 13.9. The van der Waals surface area contributed by atoms with E-state index in [4.69, 9.17) is 14.2 Å². The molecule has 0 radical (unpaired) electrons. The molecule has 7 nitrogen and oxygen atoms in total. The van der Waals surface area contributed by atoms with E-state index in [1.165, 1.54) is 0 Å². The summed E-state index contributed by atoms with van der Waals surface area (Å²) in [5.41, 5.74) is 1.46. The van der Waals surface area contributed by atoms with Gasteiger partial charge in [0.25, 0.3) is 5.52 Å². The van der Waals surface area contributed by atoms with Crippen molar-refractivity contribution in [2.45, 2.75) is 0 Å². The van der Waals surface area contributed by atoms with E-state index in [-0.39, 0.29) is 0 Å². The summed E-state index contributed by atoms with van der Waals surface area (Å²) in [6.07, 6.45) is 0. The molecule has 0 N–H and O–H groups in total. The van der Waals surface area contributed by atoms with E-state index in [2.05, 4.69) is 10.1 Å². The Bertz CT molecular complexity index is 1130. The number of hydrogen-bond acceptors (Lipinski definition) is 6. The van der Waals surface area contributed by atoms with Crippen molar-refractivity contribution in [3.63, 3.8) is 0 Å². The Morgan fingerprint density at radius 1 is 0.880 bits per heavy atom. The highest BCUT2D eigenvalue weighted by Crippen LogP contribution is 2.33. The molecule has 4 rings (SSSR count). The normalized spacial score (nSPS) is 11.2. The van der Waals surface area contributed by atoms with Gasteiger partial charge in [-0.3, -0.25) is 0 Å². The van der Waals surface area contributed by atoms with Crippen LogP contribution in [0.5, 0.6) is 17.2 Å². The lowest BCUT2D eigenvalue weighted by atomic mass is 10.1. The Kier molecular flexibility index (Phi) is 3.42. The molecule has 7 heteroatoms. The van der Waals surface area contributed by atoms with Crippen molar-refractivity contribution in [2.24, 2.45) is 0 Å². The minimum absolute atomic E-state index is 0.368. The fraction of sp³-hybridized carbons (Fsp3) is 0.167. The number of benzene rings is 2. The van der Waals surface area contributed by atoms with Gasteiger partial charge in [-0.15, -0.1) is 0 Å². The first kappa shape index (κ1) is 15.2. The molecule has 0 atom stereocenters. The van der Waals surface area contributed by atoms with Gasteiger partial charge in [0.1, 0.15) is 5.75 Å². The van der Waals surface area contributed by atoms with Crippen LogP contribution in [0.25, 0.3) is 32.8 Å². The van der Waals surface area contributed by atoms with Crippen molar-refractivity contribution in [3.8, 4) is 17.2 Å². The largest absolute Gasteiger partial charge is 0.594 e. The molecule has 0 aliphatic rings. The maximum absolute atomic E-state index is 12.3. The van der Waals surface area contributed by atoms with Gasteiger partial charge < -0.3 is 19.4 Å². The highest BCUT2D eigenvalue weighted by molar-refractivity contribution is 6.06. The maximum atomic E-state index is 12.3. The van der Waals surface area contributed by atoms with Crippen LogP contribution in [-0.2, 0) is 0 Å². The fourth-order valence-corrected chi connectivity index (χ4v) is 2.93. The fourth-order valence-electron chi connectivity index (χ4n) is 2.93. The van der Waals surface area contributed by atoms with Crippen molar-refractivity contribution in [1.82, 2.24) is 10.1 Å². The van der Waals surface area contributed by atoms with E-state index < -0.39 is 0 Å². The molecule has 0 aliphatic heterocycles. The standard InChI is InChI=1S/C18H15N3O4/c1-23-11-4-5-12-13-6-10-7-16(24-2)17(25-3)9-14(10)19-18(13)20-21(22)15(12)8-11/h4-9H,1-3H3. The molecule has 2 aromatic heterocycles. The first-order chi connectivity index (χ1) is 12.1. The molecule has 2 aromatic carbocycles. The number of fused-ring (bicyclic) bond motifs is 4. The van der Waals surface area contributed by atoms with Gasteiger partial charge in [-0.1, -0.05) is 0 Å². The lowest BCUT2D eigenvalue weighted by Gasteiger charge is -2.10. The summed E-state index contributed by atoms with van der Waals surface area (Å²) in [4.78, 5) is 5.09. The molecule has 4 aromatic rings. The van der Waals surface area contributed by atoms with Crippen LogP contribution in [0, 0.1) is 5.21 Å². The van der Waals surface area contributed by atoms with Crippen LogP contribution in [0.4, 0.5) is 0 Å². The Morgan fingerprint density at radius 3 is 2.36 bits per heavy atom. The summed E-state index contributed by atoms with van der Waals surface area (Å²) in [5.74, 6) is 1.78. The molecule has 0 fully saturated rings. The third kappa shape index (κ3) is 2.32. The monoisotopic (exact) mass is 337 g/mol. The van der Waals surface area contributed by atoms with Crippen molar-refractivity contribution >= 4 is 32.8 Å². The molecule has 0 unspecified atom stereocenters. The first-order valence-electron chi connectivity index (χ1n) is 7.58. The third-order valence-electron chi connectivity index (χ3n) is 4.19. The van der Waals surface area contributed by atoms with Crippen LogP contribution >= 0.6 is 0 Å². The lowest BCUT2D eigenvalue weighted by Crippen LogP contribution is -2.32. The van der Waals surface area contributed by atoms with Gasteiger partial charge in [0.2, 0.25) is 5.65 Å². The average molecular weight is 337 g/mol. The number of hydrogen-bond donors (Lipinski definition) is 0. The summed E-state index contributed by atoms with van der Waals surface area (Å²) in [5, 5.41) is 18.7. The molecule has 0 spiro atoms.